The van der Waals surface area contributed by atoms with Crippen LogP contribution in [0.3, 0.4) is 0 Å². The number of benzene rings is 8. The van der Waals surface area contributed by atoms with E-state index in [-0.39, 0.29) is 0 Å². The monoisotopic (exact) mass is 781 g/mol. The zero-order valence-electron chi connectivity index (χ0n) is 32.0. The van der Waals surface area contributed by atoms with Gasteiger partial charge in [-0.05, 0) is 71.8 Å². The summed E-state index contributed by atoms with van der Waals surface area (Å²) in [5.41, 5.74) is 12.1. The minimum Gasteiger partial charge on any atom is -0.308 e. The van der Waals surface area contributed by atoms with E-state index in [0.29, 0.717) is 17.0 Å². The molecule has 0 radical (unpaired) electrons. The molecule has 0 spiro atoms. The van der Waals surface area contributed by atoms with E-state index in [2.05, 4.69) is 120 Å². The number of thiophene rings is 1. The van der Waals surface area contributed by atoms with Gasteiger partial charge < -0.3 is 4.57 Å². The number of hydrogen-bond donors (Lipinski definition) is 0. The summed E-state index contributed by atoms with van der Waals surface area (Å²) in [4.78, 5) is 10.3. The first kappa shape index (κ1) is 35.0. The van der Waals surface area contributed by atoms with Crippen molar-refractivity contribution in [1.82, 2.24) is 14.5 Å². The van der Waals surface area contributed by atoms with E-state index in [1.165, 1.54) is 25.6 Å². The number of nitrogens with zero attached hydrogens (tertiary/aromatic N) is 5. The Morgan fingerprint density at radius 2 is 1.00 bits per heavy atom. The lowest BCUT2D eigenvalue weighted by molar-refractivity contribution is 1.17. The van der Waals surface area contributed by atoms with Crippen molar-refractivity contribution in [1.29, 1.82) is 10.5 Å². The predicted octanol–water partition coefficient (Wildman–Crippen LogP) is 14.0. The molecule has 278 valence electrons. The Balaban J connectivity index is 1.29. The van der Waals surface area contributed by atoms with Crippen LogP contribution >= 0.6 is 11.3 Å². The highest BCUT2D eigenvalue weighted by Gasteiger charge is 2.24. The van der Waals surface area contributed by atoms with Gasteiger partial charge in [0.05, 0.1) is 51.4 Å². The molecule has 11 aromatic rings. The zero-order chi connectivity index (χ0) is 40.2. The van der Waals surface area contributed by atoms with Crippen molar-refractivity contribution in [2.45, 2.75) is 0 Å². The van der Waals surface area contributed by atoms with E-state index < -0.39 is 0 Å². The van der Waals surface area contributed by atoms with E-state index in [1.54, 1.807) is 0 Å². The lowest BCUT2D eigenvalue weighted by atomic mass is 9.90. The molecule has 0 saturated heterocycles. The lowest BCUT2D eigenvalue weighted by Gasteiger charge is -2.21. The molecule has 8 aromatic carbocycles. The van der Waals surface area contributed by atoms with Crippen LogP contribution in [0, 0.1) is 22.7 Å². The molecule has 3 heterocycles. The maximum atomic E-state index is 10.2. The standard InChI is InChI=1S/C54H31N5S/c55-32-34-13-11-19-38(27-34)44-29-40(47-31-46(36-15-3-1-4-16-36)57-54(58-47)37-17-5-2-6-18-37)30-45(39-20-12-14-35(28-39)33-56)52(44)59-48-23-9-7-22-43(48)51-49(59)26-25-42-41-21-8-10-24-50(41)60-53(42)51/h1-31H. The first-order valence-electron chi connectivity index (χ1n) is 19.7. The molecule has 6 heteroatoms. The molecule has 0 fully saturated rings. The molecular formula is C54H31N5S. The Morgan fingerprint density at radius 1 is 0.433 bits per heavy atom. The highest BCUT2D eigenvalue weighted by Crippen LogP contribution is 2.47. The van der Waals surface area contributed by atoms with E-state index in [0.717, 1.165) is 72.4 Å². The number of fused-ring (bicyclic) bond motifs is 7. The molecular weight excluding hydrogens is 751 g/mol. The van der Waals surface area contributed by atoms with Crippen molar-refractivity contribution < 1.29 is 0 Å². The third-order valence-electron chi connectivity index (χ3n) is 11.2. The molecule has 0 saturated carbocycles. The fourth-order valence-corrected chi connectivity index (χ4v) is 9.78. The second kappa shape index (κ2) is 14.3. The summed E-state index contributed by atoms with van der Waals surface area (Å²) in [5.74, 6) is 0.617. The van der Waals surface area contributed by atoms with Gasteiger partial charge in [0.25, 0.3) is 0 Å². The number of para-hydroxylation sites is 1. The van der Waals surface area contributed by atoms with Crippen molar-refractivity contribution >= 4 is 53.3 Å². The smallest absolute Gasteiger partial charge is 0.160 e. The third kappa shape index (κ3) is 5.83. The Bertz CT molecular complexity index is 3430. The highest BCUT2D eigenvalue weighted by molar-refractivity contribution is 7.26. The minimum atomic E-state index is 0.561. The van der Waals surface area contributed by atoms with Gasteiger partial charge in [-0.15, -0.1) is 11.3 Å². The van der Waals surface area contributed by atoms with E-state index in [4.69, 9.17) is 9.97 Å². The summed E-state index contributed by atoms with van der Waals surface area (Å²) >= 11 is 1.82. The molecule has 0 aliphatic rings. The summed E-state index contributed by atoms with van der Waals surface area (Å²) in [6.45, 7) is 0. The fraction of sp³-hybridized carbons (Fsp3) is 0. The predicted molar refractivity (Wildman–Crippen MR) is 246 cm³/mol. The molecule has 0 aliphatic carbocycles. The van der Waals surface area contributed by atoms with Crippen LogP contribution in [-0.4, -0.2) is 14.5 Å². The van der Waals surface area contributed by atoms with Crippen molar-refractivity contribution in [3.63, 3.8) is 0 Å². The summed E-state index contributed by atoms with van der Waals surface area (Å²) in [5, 5.41) is 25.2. The van der Waals surface area contributed by atoms with Crippen LogP contribution in [0.15, 0.2) is 188 Å². The maximum Gasteiger partial charge on any atom is 0.160 e. The normalized spacial score (nSPS) is 11.3. The molecule has 0 aliphatic heterocycles. The van der Waals surface area contributed by atoms with Gasteiger partial charge in [0.15, 0.2) is 5.82 Å². The van der Waals surface area contributed by atoms with Gasteiger partial charge in [-0.1, -0.05) is 127 Å². The number of aromatic nitrogens is 3. The van der Waals surface area contributed by atoms with Crippen LogP contribution in [0.1, 0.15) is 11.1 Å². The second-order valence-corrected chi connectivity index (χ2v) is 15.8. The van der Waals surface area contributed by atoms with Crippen LogP contribution in [0.25, 0.3) is 104 Å². The Hall–Kier alpha value is -8.16. The first-order valence-corrected chi connectivity index (χ1v) is 20.5. The van der Waals surface area contributed by atoms with E-state index in [1.807, 2.05) is 96.3 Å². The van der Waals surface area contributed by atoms with Gasteiger partial charge in [0.1, 0.15) is 0 Å². The molecule has 11 rings (SSSR count). The van der Waals surface area contributed by atoms with E-state index >= 15 is 0 Å². The fourth-order valence-electron chi connectivity index (χ4n) is 8.52. The first-order chi connectivity index (χ1) is 29.6. The summed E-state index contributed by atoms with van der Waals surface area (Å²) < 4.78 is 4.87. The van der Waals surface area contributed by atoms with Crippen LogP contribution in [0.5, 0.6) is 0 Å². The topological polar surface area (TPSA) is 78.3 Å². The lowest BCUT2D eigenvalue weighted by Crippen LogP contribution is -2.03. The number of nitriles is 2. The van der Waals surface area contributed by atoms with Crippen molar-refractivity contribution in [2.24, 2.45) is 0 Å². The molecule has 0 bridgehead atoms. The van der Waals surface area contributed by atoms with E-state index in [9.17, 15) is 10.5 Å². The summed E-state index contributed by atoms with van der Waals surface area (Å²) in [6.07, 6.45) is 0. The third-order valence-corrected chi connectivity index (χ3v) is 12.4. The van der Waals surface area contributed by atoms with Crippen LogP contribution < -0.4 is 0 Å². The number of hydrogen-bond acceptors (Lipinski definition) is 5. The van der Waals surface area contributed by atoms with Crippen molar-refractivity contribution in [2.75, 3.05) is 0 Å². The quantitative estimate of drug-likeness (QED) is 0.168. The summed E-state index contributed by atoms with van der Waals surface area (Å²) in [7, 11) is 0. The number of rotatable bonds is 6. The van der Waals surface area contributed by atoms with Gasteiger partial charge in [-0.3, -0.25) is 0 Å². The van der Waals surface area contributed by atoms with Gasteiger partial charge in [0.2, 0.25) is 0 Å². The molecule has 3 aromatic heterocycles. The maximum absolute atomic E-state index is 10.2. The van der Waals surface area contributed by atoms with Gasteiger partial charge >= 0.3 is 0 Å². The molecule has 0 unspecified atom stereocenters. The Labute approximate surface area is 350 Å². The summed E-state index contributed by atoms with van der Waals surface area (Å²) in [6, 6.07) is 68.8. The zero-order valence-corrected chi connectivity index (χ0v) is 32.9. The van der Waals surface area contributed by atoms with Crippen LogP contribution in [0.4, 0.5) is 0 Å². The molecule has 0 amide bonds. The van der Waals surface area contributed by atoms with Gasteiger partial charge in [0, 0.05) is 58.8 Å². The van der Waals surface area contributed by atoms with Gasteiger partial charge in [-0.2, -0.15) is 10.5 Å². The molecule has 0 N–H and O–H groups in total. The minimum absolute atomic E-state index is 0.561. The van der Waals surface area contributed by atoms with Crippen molar-refractivity contribution in [3.05, 3.63) is 199 Å². The van der Waals surface area contributed by atoms with Crippen molar-refractivity contribution in [3.8, 4) is 74.0 Å². The van der Waals surface area contributed by atoms with Gasteiger partial charge in [-0.25, -0.2) is 9.97 Å². The highest BCUT2D eigenvalue weighted by atomic mass is 32.1. The Morgan fingerprint density at radius 3 is 1.67 bits per heavy atom. The molecule has 0 atom stereocenters. The van der Waals surface area contributed by atoms with Crippen LogP contribution in [0.2, 0.25) is 0 Å². The average Bonchev–Trinajstić information content (AvgIpc) is 3.87. The Kier molecular flexibility index (Phi) is 8.37. The second-order valence-electron chi connectivity index (χ2n) is 14.8. The van der Waals surface area contributed by atoms with Crippen LogP contribution in [-0.2, 0) is 0 Å². The molecule has 5 nitrogen and oxygen atoms in total. The molecule has 60 heavy (non-hydrogen) atoms. The SMILES string of the molecule is N#Cc1cccc(-c2cc(-c3cc(-c4ccccc4)nc(-c4ccccc4)n3)cc(-c3cccc(C#N)c3)c2-n2c3ccccc3c3c4sc5ccccc5c4ccc32)c1. The largest absolute Gasteiger partial charge is 0.308 e. The average molecular weight is 782 g/mol.